The molecule has 0 heterocycles. The molecule has 2 aromatic rings. The van der Waals surface area contributed by atoms with E-state index in [2.05, 4.69) is 17.6 Å². The summed E-state index contributed by atoms with van der Waals surface area (Å²) < 4.78 is 5.50. The fourth-order valence-electron chi connectivity index (χ4n) is 4.66. The lowest BCUT2D eigenvalue weighted by atomic mass is 9.93. The topological polar surface area (TPSA) is 87.7 Å². The summed E-state index contributed by atoms with van der Waals surface area (Å²) in [5, 5.41) is 5.91. The maximum absolute atomic E-state index is 14.4. The number of alkyl carbamates (subject to hydrolysis) is 1. The molecule has 0 aliphatic heterocycles. The number of rotatable bonds is 13. The summed E-state index contributed by atoms with van der Waals surface area (Å²) in [7, 11) is 0. The van der Waals surface area contributed by atoms with Crippen molar-refractivity contribution in [1.82, 2.24) is 15.5 Å². The van der Waals surface area contributed by atoms with E-state index in [1.54, 1.807) is 25.7 Å². The van der Waals surface area contributed by atoms with E-state index < -0.39 is 23.8 Å². The van der Waals surface area contributed by atoms with Crippen molar-refractivity contribution < 1.29 is 19.1 Å². The second kappa shape index (κ2) is 15.4. The Morgan fingerprint density at radius 1 is 0.975 bits per heavy atom. The van der Waals surface area contributed by atoms with Gasteiger partial charge in [0.2, 0.25) is 11.8 Å². The number of hydrogen-bond donors (Lipinski definition) is 2. The molecule has 0 radical (unpaired) electrons. The van der Waals surface area contributed by atoms with Gasteiger partial charge in [0.15, 0.2) is 0 Å². The number of carbonyl (C=O) groups excluding carboxylic acids is 3. The van der Waals surface area contributed by atoms with E-state index in [1.165, 1.54) is 0 Å². The first kappa shape index (κ1) is 32.9. The summed E-state index contributed by atoms with van der Waals surface area (Å²) in [4.78, 5) is 42.9. The molecule has 0 aliphatic carbocycles. The van der Waals surface area contributed by atoms with Crippen molar-refractivity contribution in [2.75, 3.05) is 6.54 Å². The summed E-state index contributed by atoms with van der Waals surface area (Å²) in [5.41, 5.74) is 3.07. The Kier molecular flexibility index (Phi) is 12.7. The third-order valence-electron chi connectivity index (χ3n) is 7.03. The first-order valence-corrected chi connectivity index (χ1v) is 14.6. The van der Waals surface area contributed by atoms with Gasteiger partial charge in [-0.1, -0.05) is 94.1 Å². The van der Waals surface area contributed by atoms with Crippen LogP contribution in [0.1, 0.15) is 95.5 Å². The summed E-state index contributed by atoms with van der Waals surface area (Å²) >= 11 is 0. The van der Waals surface area contributed by atoms with Crippen molar-refractivity contribution in [3.05, 3.63) is 70.8 Å². The molecule has 7 nitrogen and oxygen atoms in total. The van der Waals surface area contributed by atoms with E-state index in [-0.39, 0.29) is 17.7 Å². The maximum Gasteiger partial charge on any atom is 0.408 e. The molecule has 0 aromatic heterocycles. The average molecular weight is 552 g/mol. The zero-order valence-corrected chi connectivity index (χ0v) is 25.7. The first-order chi connectivity index (χ1) is 18.9. The SMILES string of the molecule is CCCCCN(C(=O)C(NC(=O)OC(C)(C)C)C(C)CC)C(C(=O)NCc1ccccc1)c1ccc(C)cc1C. The van der Waals surface area contributed by atoms with Gasteiger partial charge in [0.05, 0.1) is 0 Å². The van der Waals surface area contributed by atoms with E-state index in [9.17, 15) is 14.4 Å². The smallest absolute Gasteiger partial charge is 0.408 e. The van der Waals surface area contributed by atoms with Crippen LogP contribution in [-0.4, -0.2) is 41.0 Å². The van der Waals surface area contributed by atoms with Gasteiger partial charge in [-0.15, -0.1) is 0 Å². The van der Waals surface area contributed by atoms with Crippen molar-refractivity contribution >= 4 is 17.9 Å². The minimum absolute atomic E-state index is 0.166. The zero-order chi connectivity index (χ0) is 29.9. The lowest BCUT2D eigenvalue weighted by molar-refractivity contribution is -0.143. The number of unbranched alkanes of at least 4 members (excludes halogenated alkanes) is 2. The van der Waals surface area contributed by atoms with Crippen molar-refractivity contribution in [1.29, 1.82) is 0 Å². The summed E-state index contributed by atoms with van der Waals surface area (Å²) in [6, 6.07) is 14.0. The molecule has 3 amide bonds. The van der Waals surface area contributed by atoms with Gasteiger partial charge in [0, 0.05) is 13.1 Å². The third kappa shape index (κ3) is 10.00. The minimum Gasteiger partial charge on any atom is -0.444 e. The third-order valence-corrected chi connectivity index (χ3v) is 7.03. The molecule has 2 rings (SSSR count). The number of nitrogens with one attached hydrogen (secondary N) is 2. The Labute approximate surface area is 241 Å². The molecular weight excluding hydrogens is 502 g/mol. The standard InChI is InChI=1S/C33H49N3O4/c1-9-11-15-20-36(31(38)28(24(4)10-2)35-32(39)40-33(6,7)8)29(27-19-18-23(3)21-25(27)5)30(37)34-22-26-16-13-12-14-17-26/h12-14,16-19,21,24,28-29H,9-11,15,20,22H2,1-8H3,(H,34,37)(H,35,39). The van der Waals surface area contributed by atoms with Crippen molar-refractivity contribution in [3.63, 3.8) is 0 Å². The van der Waals surface area contributed by atoms with Gasteiger partial charge < -0.3 is 20.3 Å². The number of ether oxygens (including phenoxy) is 1. The minimum atomic E-state index is -0.847. The monoisotopic (exact) mass is 551 g/mol. The van der Waals surface area contributed by atoms with Gasteiger partial charge in [0.25, 0.3) is 0 Å². The predicted molar refractivity (Wildman–Crippen MR) is 161 cm³/mol. The number of benzene rings is 2. The quantitative estimate of drug-likeness (QED) is 0.274. The Balaban J connectivity index is 2.53. The summed E-state index contributed by atoms with van der Waals surface area (Å²) in [5.74, 6) is -0.696. The number of nitrogens with zero attached hydrogens (tertiary/aromatic N) is 1. The van der Waals surface area contributed by atoms with Crippen LogP contribution < -0.4 is 10.6 Å². The molecule has 40 heavy (non-hydrogen) atoms. The predicted octanol–water partition coefficient (Wildman–Crippen LogP) is 6.62. The molecule has 0 saturated carbocycles. The van der Waals surface area contributed by atoms with E-state index >= 15 is 0 Å². The van der Waals surface area contributed by atoms with Gasteiger partial charge in [-0.05, 0) is 63.6 Å². The largest absolute Gasteiger partial charge is 0.444 e. The number of aryl methyl sites for hydroxylation is 2. The van der Waals surface area contributed by atoms with Crippen LogP contribution >= 0.6 is 0 Å². The second-order valence-electron chi connectivity index (χ2n) is 11.7. The highest BCUT2D eigenvalue weighted by Crippen LogP contribution is 2.28. The van der Waals surface area contributed by atoms with Gasteiger partial charge in [-0.3, -0.25) is 9.59 Å². The summed E-state index contributed by atoms with van der Waals surface area (Å²) in [6.07, 6.45) is 2.67. The molecule has 0 saturated heterocycles. The van der Waals surface area contributed by atoms with Crippen LogP contribution in [0.2, 0.25) is 0 Å². The van der Waals surface area contributed by atoms with Gasteiger partial charge in [-0.2, -0.15) is 0 Å². The Bertz CT molecular complexity index is 1110. The molecule has 2 N–H and O–H groups in total. The fourth-order valence-corrected chi connectivity index (χ4v) is 4.66. The van der Waals surface area contributed by atoms with E-state index in [0.717, 1.165) is 41.5 Å². The van der Waals surface area contributed by atoms with Crippen LogP contribution in [0.15, 0.2) is 48.5 Å². The molecule has 2 aromatic carbocycles. The highest BCUT2D eigenvalue weighted by atomic mass is 16.6. The Morgan fingerprint density at radius 3 is 2.23 bits per heavy atom. The normalized spacial score (nSPS) is 13.6. The van der Waals surface area contributed by atoms with Crippen LogP contribution in [0.25, 0.3) is 0 Å². The molecule has 0 aliphatic rings. The number of carbonyl (C=O) groups is 3. The van der Waals surface area contributed by atoms with Crippen LogP contribution in [0, 0.1) is 19.8 Å². The number of hydrogen-bond acceptors (Lipinski definition) is 4. The van der Waals surface area contributed by atoms with E-state index in [1.807, 2.05) is 76.2 Å². The Hall–Kier alpha value is -3.35. The maximum atomic E-state index is 14.4. The van der Waals surface area contributed by atoms with E-state index in [0.29, 0.717) is 19.5 Å². The fraction of sp³-hybridized carbons (Fsp3) is 0.545. The van der Waals surface area contributed by atoms with Crippen molar-refractivity contribution in [3.8, 4) is 0 Å². The second-order valence-corrected chi connectivity index (χ2v) is 11.7. The molecular formula is C33H49N3O4. The zero-order valence-electron chi connectivity index (χ0n) is 25.7. The lowest BCUT2D eigenvalue weighted by Crippen LogP contribution is -2.55. The van der Waals surface area contributed by atoms with Crippen LogP contribution in [0.3, 0.4) is 0 Å². The van der Waals surface area contributed by atoms with Crippen LogP contribution in [-0.2, 0) is 20.9 Å². The van der Waals surface area contributed by atoms with Gasteiger partial charge in [-0.25, -0.2) is 4.79 Å². The van der Waals surface area contributed by atoms with Crippen molar-refractivity contribution in [2.45, 2.75) is 105 Å². The van der Waals surface area contributed by atoms with E-state index in [4.69, 9.17) is 4.74 Å². The highest BCUT2D eigenvalue weighted by molar-refractivity contribution is 5.92. The van der Waals surface area contributed by atoms with Crippen LogP contribution in [0.4, 0.5) is 4.79 Å². The summed E-state index contributed by atoms with van der Waals surface area (Å²) in [6.45, 7) is 16.1. The van der Waals surface area contributed by atoms with Gasteiger partial charge in [0.1, 0.15) is 17.7 Å². The Morgan fingerprint density at radius 2 is 1.65 bits per heavy atom. The molecule has 3 atom stereocenters. The molecule has 0 spiro atoms. The van der Waals surface area contributed by atoms with Crippen LogP contribution in [0.5, 0.6) is 0 Å². The molecule has 0 fully saturated rings. The average Bonchev–Trinajstić information content (AvgIpc) is 2.89. The molecule has 3 unspecified atom stereocenters. The molecule has 7 heteroatoms. The van der Waals surface area contributed by atoms with Crippen molar-refractivity contribution in [2.24, 2.45) is 5.92 Å². The highest BCUT2D eigenvalue weighted by Gasteiger charge is 2.38. The lowest BCUT2D eigenvalue weighted by Gasteiger charge is -2.36. The molecule has 0 bridgehead atoms. The van der Waals surface area contributed by atoms with Gasteiger partial charge >= 0.3 is 6.09 Å². The molecule has 220 valence electrons. The number of amides is 3. The first-order valence-electron chi connectivity index (χ1n) is 14.6.